The van der Waals surface area contributed by atoms with Crippen LogP contribution in [0.5, 0.6) is 0 Å². The van der Waals surface area contributed by atoms with Crippen LogP contribution in [0.4, 0.5) is 4.39 Å². The lowest BCUT2D eigenvalue weighted by Crippen LogP contribution is -2.39. The van der Waals surface area contributed by atoms with Crippen molar-refractivity contribution in [3.8, 4) is 0 Å². The Labute approximate surface area is 164 Å². The van der Waals surface area contributed by atoms with Crippen molar-refractivity contribution in [3.05, 3.63) is 95.3 Å². The van der Waals surface area contributed by atoms with Crippen LogP contribution in [0.1, 0.15) is 46.1 Å². The Balaban J connectivity index is 1.48. The summed E-state index contributed by atoms with van der Waals surface area (Å²) < 4.78 is 13.4. The summed E-state index contributed by atoms with van der Waals surface area (Å²) in [7, 11) is 0. The largest absolute Gasteiger partial charge is 0.338 e. The van der Waals surface area contributed by atoms with E-state index < -0.39 is 0 Å². The molecule has 28 heavy (non-hydrogen) atoms. The predicted octanol–water partition coefficient (Wildman–Crippen LogP) is 4.23. The van der Waals surface area contributed by atoms with E-state index in [-0.39, 0.29) is 17.6 Å². The number of aromatic nitrogens is 2. The van der Waals surface area contributed by atoms with Gasteiger partial charge >= 0.3 is 0 Å². The molecule has 0 saturated carbocycles. The van der Waals surface area contributed by atoms with E-state index in [1.165, 1.54) is 6.07 Å². The Morgan fingerprint density at radius 3 is 2.86 bits per heavy atom. The number of piperidine rings is 1. The molecule has 1 aliphatic heterocycles. The first-order valence-corrected chi connectivity index (χ1v) is 9.58. The molecule has 5 heteroatoms. The highest BCUT2D eigenvalue weighted by molar-refractivity contribution is 5.94. The average Bonchev–Trinajstić information content (AvgIpc) is 2.74. The van der Waals surface area contributed by atoms with Crippen molar-refractivity contribution in [2.45, 2.75) is 25.2 Å². The Bertz CT molecular complexity index is 961. The summed E-state index contributed by atoms with van der Waals surface area (Å²) >= 11 is 0. The van der Waals surface area contributed by atoms with Crippen LogP contribution in [0, 0.1) is 5.82 Å². The number of hydrogen-bond donors (Lipinski definition) is 0. The normalized spacial score (nSPS) is 16.8. The number of pyridine rings is 2. The Hall–Kier alpha value is -3.08. The quantitative estimate of drug-likeness (QED) is 0.686. The molecule has 0 bridgehead atoms. The zero-order valence-electron chi connectivity index (χ0n) is 15.6. The lowest BCUT2D eigenvalue weighted by molar-refractivity contribution is 0.0705. The third-order valence-electron chi connectivity index (χ3n) is 5.14. The lowest BCUT2D eigenvalue weighted by atomic mass is 9.93. The van der Waals surface area contributed by atoms with E-state index in [0.717, 1.165) is 36.3 Å². The first-order valence-electron chi connectivity index (χ1n) is 9.58. The number of hydrogen-bond acceptors (Lipinski definition) is 3. The van der Waals surface area contributed by atoms with Gasteiger partial charge in [0.15, 0.2) is 0 Å². The van der Waals surface area contributed by atoms with E-state index >= 15 is 0 Å². The van der Waals surface area contributed by atoms with Gasteiger partial charge in [0.2, 0.25) is 0 Å². The average molecular weight is 375 g/mol. The molecule has 1 fully saturated rings. The molecule has 0 spiro atoms. The summed E-state index contributed by atoms with van der Waals surface area (Å²) in [6.45, 7) is 1.41. The Morgan fingerprint density at radius 1 is 1.14 bits per heavy atom. The molecule has 2 aromatic heterocycles. The first-order chi connectivity index (χ1) is 13.7. The summed E-state index contributed by atoms with van der Waals surface area (Å²) in [4.78, 5) is 23.5. The van der Waals surface area contributed by atoms with Crippen molar-refractivity contribution in [1.82, 2.24) is 14.9 Å². The zero-order chi connectivity index (χ0) is 19.3. The maximum Gasteiger partial charge on any atom is 0.255 e. The summed E-state index contributed by atoms with van der Waals surface area (Å²) in [5, 5.41) is 0. The minimum absolute atomic E-state index is 0.0220. The number of likely N-dealkylation sites (tertiary alicyclic amines) is 1. The Morgan fingerprint density at radius 2 is 2.04 bits per heavy atom. The third-order valence-corrected chi connectivity index (χ3v) is 5.14. The monoisotopic (exact) mass is 375 g/mol. The molecule has 142 valence electrons. The highest BCUT2D eigenvalue weighted by Gasteiger charge is 2.26. The molecule has 0 unspecified atom stereocenters. The van der Waals surface area contributed by atoms with Crippen LogP contribution in [0.2, 0.25) is 0 Å². The fourth-order valence-electron chi connectivity index (χ4n) is 3.75. The molecule has 4 nitrogen and oxygen atoms in total. The first kappa shape index (κ1) is 18.3. The van der Waals surface area contributed by atoms with E-state index in [1.807, 2.05) is 29.2 Å². The zero-order valence-corrected chi connectivity index (χ0v) is 15.6. The molecule has 1 saturated heterocycles. The molecule has 0 aliphatic carbocycles. The second-order valence-electron chi connectivity index (χ2n) is 7.19. The second kappa shape index (κ2) is 8.30. The van der Waals surface area contributed by atoms with Crippen LogP contribution in [-0.4, -0.2) is 33.9 Å². The molecule has 1 aromatic carbocycles. The van der Waals surface area contributed by atoms with E-state index in [0.29, 0.717) is 18.5 Å². The summed E-state index contributed by atoms with van der Waals surface area (Å²) in [6.07, 6.45) is 5.84. The molecule has 0 radical (unpaired) electrons. The van der Waals surface area contributed by atoms with E-state index in [1.54, 1.807) is 36.7 Å². The minimum Gasteiger partial charge on any atom is -0.338 e. The van der Waals surface area contributed by atoms with Gasteiger partial charge in [0.25, 0.3) is 5.91 Å². The van der Waals surface area contributed by atoms with Crippen LogP contribution < -0.4 is 0 Å². The van der Waals surface area contributed by atoms with Crippen LogP contribution >= 0.6 is 0 Å². The van der Waals surface area contributed by atoms with Crippen LogP contribution in [0.25, 0.3) is 0 Å². The molecule has 3 heterocycles. The van der Waals surface area contributed by atoms with Crippen molar-refractivity contribution in [3.63, 3.8) is 0 Å². The van der Waals surface area contributed by atoms with E-state index in [2.05, 4.69) is 4.98 Å². The second-order valence-corrected chi connectivity index (χ2v) is 7.19. The SMILES string of the molecule is O=C(c1cccnc1)N1CCC[C@@H](c2cccc(Cc3cccc(F)c3)n2)C1. The van der Waals surface area contributed by atoms with Crippen molar-refractivity contribution in [2.75, 3.05) is 13.1 Å². The summed E-state index contributed by atoms with van der Waals surface area (Å²) in [6, 6.07) is 16.2. The number of rotatable bonds is 4. The highest BCUT2D eigenvalue weighted by atomic mass is 19.1. The fourth-order valence-corrected chi connectivity index (χ4v) is 3.75. The van der Waals surface area contributed by atoms with Crippen molar-refractivity contribution >= 4 is 5.91 Å². The highest BCUT2D eigenvalue weighted by Crippen LogP contribution is 2.27. The molecular weight excluding hydrogens is 353 g/mol. The standard InChI is InChI=1S/C23H22FN3O/c24-20-8-1-5-17(13-20)14-21-9-2-10-22(26-21)19-7-4-12-27(16-19)23(28)18-6-3-11-25-15-18/h1-3,5-6,8-11,13,15,19H,4,7,12,14,16H2/t19-/m1/s1. The summed E-state index contributed by atoms with van der Waals surface area (Å²) in [5.74, 6) is 0.000960. The van der Waals surface area contributed by atoms with Gasteiger partial charge in [-0.15, -0.1) is 0 Å². The number of carbonyl (C=O) groups is 1. The van der Waals surface area contributed by atoms with Gasteiger partial charge in [-0.1, -0.05) is 18.2 Å². The van der Waals surface area contributed by atoms with Gasteiger partial charge in [-0.25, -0.2) is 4.39 Å². The number of nitrogens with zero attached hydrogens (tertiary/aromatic N) is 3. The molecule has 0 N–H and O–H groups in total. The van der Waals surface area contributed by atoms with Gasteiger partial charge < -0.3 is 4.90 Å². The molecule has 1 aliphatic rings. The molecular formula is C23H22FN3O. The van der Waals surface area contributed by atoms with Crippen molar-refractivity contribution < 1.29 is 9.18 Å². The minimum atomic E-state index is -0.231. The molecule has 4 rings (SSSR count). The van der Waals surface area contributed by atoms with Gasteiger partial charge in [-0.3, -0.25) is 14.8 Å². The van der Waals surface area contributed by atoms with Crippen molar-refractivity contribution in [1.29, 1.82) is 0 Å². The fraction of sp³-hybridized carbons (Fsp3) is 0.261. The van der Waals surface area contributed by atoms with E-state index in [4.69, 9.17) is 4.98 Å². The van der Waals surface area contributed by atoms with Gasteiger partial charge in [-0.2, -0.15) is 0 Å². The Kier molecular flexibility index (Phi) is 5.42. The number of carbonyl (C=O) groups excluding carboxylic acids is 1. The van der Waals surface area contributed by atoms with Gasteiger partial charge in [0.1, 0.15) is 5.82 Å². The van der Waals surface area contributed by atoms with Crippen LogP contribution in [0.3, 0.4) is 0 Å². The smallest absolute Gasteiger partial charge is 0.255 e. The van der Waals surface area contributed by atoms with Gasteiger partial charge in [0.05, 0.1) is 5.56 Å². The maximum atomic E-state index is 13.4. The third kappa shape index (κ3) is 4.25. The van der Waals surface area contributed by atoms with Gasteiger partial charge in [0, 0.05) is 49.2 Å². The summed E-state index contributed by atoms with van der Waals surface area (Å²) in [5.41, 5.74) is 3.44. The van der Waals surface area contributed by atoms with Crippen molar-refractivity contribution in [2.24, 2.45) is 0 Å². The van der Waals surface area contributed by atoms with Crippen LogP contribution in [0.15, 0.2) is 67.0 Å². The predicted molar refractivity (Wildman–Crippen MR) is 106 cm³/mol. The molecule has 1 atom stereocenters. The van der Waals surface area contributed by atoms with E-state index in [9.17, 15) is 9.18 Å². The van der Waals surface area contributed by atoms with Gasteiger partial charge in [-0.05, 0) is 54.8 Å². The molecule has 3 aromatic rings. The topological polar surface area (TPSA) is 46.1 Å². The lowest BCUT2D eigenvalue weighted by Gasteiger charge is -2.32. The maximum absolute atomic E-state index is 13.4. The number of amides is 1. The van der Waals surface area contributed by atoms with Crippen LogP contribution in [-0.2, 0) is 6.42 Å². The number of benzene rings is 1. The molecule has 1 amide bonds. The number of halogens is 1.